The fraction of sp³-hybridized carbons (Fsp3) is 0. The topological polar surface area (TPSA) is 102 Å². The largest absolute Gasteiger partial charge is 2.00 e. The molecule has 8 heteroatoms. The summed E-state index contributed by atoms with van der Waals surface area (Å²) in [4.78, 5) is 15.4. The molecule has 1 unspecified atom stereocenters. The average Bonchev–Trinajstić information content (AvgIpc) is 1.35. The molecule has 0 bridgehead atoms. The van der Waals surface area contributed by atoms with Crippen LogP contribution in [0.1, 0.15) is 2.85 Å². The van der Waals surface area contributed by atoms with E-state index in [9.17, 15) is 4.57 Å². The molecule has 0 amide bonds. The maximum atomic E-state index is 9.45. The first-order valence-electron chi connectivity index (χ1n) is 1.00. The van der Waals surface area contributed by atoms with Gasteiger partial charge in [0.2, 0.25) is 0 Å². The van der Waals surface area contributed by atoms with Crippen LogP contribution in [0.4, 0.5) is 0 Å². The van der Waals surface area contributed by atoms with Gasteiger partial charge in [-0.3, -0.25) is 4.31 Å². The van der Waals surface area contributed by atoms with Crippen molar-refractivity contribution in [3.05, 3.63) is 0 Å². The second kappa shape index (κ2) is 6.39. The molecule has 0 aliphatic carbocycles. The molecule has 1 atom stereocenters. The molecule has 0 aromatic rings. The Labute approximate surface area is 68.4 Å². The van der Waals surface area contributed by atoms with Crippen LogP contribution in [-0.4, -0.2) is 32.8 Å². The molecule has 0 aliphatic heterocycles. The second-order valence-electron chi connectivity index (χ2n) is 0.596. The molecule has 8 heavy (non-hydrogen) atoms. The molecule has 5 N–H and O–H groups in total. The van der Waals surface area contributed by atoms with E-state index in [2.05, 4.69) is 4.31 Å². The smallest absolute Gasteiger partial charge is 1.00 e. The van der Waals surface area contributed by atoms with Gasteiger partial charge in [0.25, 0.3) is 0 Å². The Morgan fingerprint density at radius 1 is 1.62 bits per heavy atom. The quantitative estimate of drug-likeness (QED) is 0.379. The fourth-order valence-corrected chi connectivity index (χ4v) is 0. The number of hydrogen-bond donors (Lipinski definition) is 3. The van der Waals surface area contributed by atoms with Gasteiger partial charge < -0.3 is 18.8 Å². The van der Waals surface area contributed by atoms with E-state index in [-0.39, 0.29) is 32.1 Å². The van der Waals surface area contributed by atoms with Crippen molar-refractivity contribution in [2.24, 2.45) is 0 Å². The Kier molecular flexibility index (Phi) is 12.9. The summed E-state index contributed by atoms with van der Waals surface area (Å²) in [5.74, 6) is 0. The van der Waals surface area contributed by atoms with Crippen molar-refractivity contribution in [2.45, 2.75) is 0 Å². The van der Waals surface area contributed by atoms with Gasteiger partial charge >= 0.3 is 30.9 Å². The summed E-state index contributed by atoms with van der Waals surface area (Å²) < 4.78 is 13.0. The van der Waals surface area contributed by atoms with Gasteiger partial charge in [-0.15, -0.1) is 0 Å². The van der Waals surface area contributed by atoms with E-state index in [1.54, 1.807) is 0 Å². The van der Waals surface area contributed by atoms with E-state index >= 15 is 0 Å². The minimum absolute atomic E-state index is 0. The van der Waals surface area contributed by atoms with Gasteiger partial charge in [-0.25, -0.2) is 4.57 Å². The predicted molar refractivity (Wildman–Crippen MR) is 35.8 cm³/mol. The van der Waals surface area contributed by atoms with E-state index in [0.717, 1.165) is 0 Å². The summed E-state index contributed by atoms with van der Waals surface area (Å²) in [6.07, 6.45) is 0. The van der Waals surface area contributed by atoms with E-state index in [1.165, 1.54) is 9.47 Å². The molecule has 0 radical (unpaired) electrons. The van der Waals surface area contributed by atoms with E-state index < -0.39 is 7.82 Å². The van der Waals surface area contributed by atoms with Crippen molar-refractivity contribution in [1.82, 2.24) is 6.15 Å². The molecular formula is H9MgNO4P2. The zero-order valence-electron chi connectivity index (χ0n) is 6.15. The van der Waals surface area contributed by atoms with Crippen molar-refractivity contribution in [1.29, 1.82) is 0 Å². The Morgan fingerprint density at radius 3 is 1.75 bits per heavy atom. The Bertz CT molecular complexity index is 85.3. The standard InChI is InChI=1S/Mg.H3N.H4O4P2.2H/c;;1-6(2,3)4-5;;/h;1H3;5H2,(H2,1,2,3);;/q+2;;;2*-1. The maximum absolute atomic E-state index is 9.45. The van der Waals surface area contributed by atoms with Crippen molar-refractivity contribution in [3.63, 3.8) is 0 Å². The third-order valence-electron chi connectivity index (χ3n) is 0.137. The fourth-order valence-electron chi connectivity index (χ4n) is 0. The predicted octanol–water partition coefficient (Wildman–Crippen LogP) is -0.108. The van der Waals surface area contributed by atoms with Crippen molar-refractivity contribution in [2.75, 3.05) is 0 Å². The summed E-state index contributed by atoms with van der Waals surface area (Å²) in [6.45, 7) is 0. The average molecular weight is 173 g/mol. The number of phosphoric acid groups is 1. The minimum atomic E-state index is -4.18. The number of hydrogen-bond acceptors (Lipinski definition) is 3. The molecule has 50 valence electrons. The molecule has 5 nitrogen and oxygen atoms in total. The molecule has 0 aromatic carbocycles. The molecule has 0 saturated carbocycles. The van der Waals surface area contributed by atoms with Gasteiger partial charge in [0, 0.05) is 9.47 Å². The summed E-state index contributed by atoms with van der Waals surface area (Å²) in [5.41, 5.74) is 0. The van der Waals surface area contributed by atoms with Crippen LogP contribution in [0.5, 0.6) is 0 Å². The summed E-state index contributed by atoms with van der Waals surface area (Å²) >= 11 is 0. The third kappa shape index (κ3) is 15.7. The van der Waals surface area contributed by atoms with Crippen LogP contribution in [0.25, 0.3) is 0 Å². The monoisotopic (exact) mass is 173 g/mol. The van der Waals surface area contributed by atoms with Crippen molar-refractivity contribution in [3.8, 4) is 0 Å². The minimum Gasteiger partial charge on any atom is -1.00 e. The Balaban J connectivity index is -0.0000000208. The first kappa shape index (κ1) is 16.1. The number of rotatable bonds is 1. The molecule has 0 saturated heterocycles. The van der Waals surface area contributed by atoms with Gasteiger partial charge in [-0.1, -0.05) is 0 Å². The molecule has 0 aromatic heterocycles. The van der Waals surface area contributed by atoms with E-state index in [4.69, 9.17) is 9.79 Å². The molecule has 0 aliphatic rings. The summed E-state index contributed by atoms with van der Waals surface area (Å²) in [6, 6.07) is 0. The van der Waals surface area contributed by atoms with Crippen LogP contribution in [-0.2, 0) is 8.88 Å². The maximum Gasteiger partial charge on any atom is 2.00 e. The first-order chi connectivity index (χ1) is 2.56. The molecular weight excluding hydrogens is 164 g/mol. The van der Waals surface area contributed by atoms with Crippen LogP contribution >= 0.6 is 17.3 Å². The second-order valence-corrected chi connectivity index (χ2v) is 2.42. The molecule has 0 spiro atoms. The van der Waals surface area contributed by atoms with E-state index in [0.29, 0.717) is 0 Å². The zero-order valence-corrected chi connectivity index (χ0v) is 7.61. The first-order valence-corrected chi connectivity index (χ1v) is 3.00. The Morgan fingerprint density at radius 2 is 1.75 bits per heavy atom. The summed E-state index contributed by atoms with van der Waals surface area (Å²) in [5, 5.41) is 0. The van der Waals surface area contributed by atoms with Crippen LogP contribution in [0.15, 0.2) is 0 Å². The van der Waals surface area contributed by atoms with Crippen LogP contribution in [0, 0.1) is 0 Å². The van der Waals surface area contributed by atoms with E-state index in [1.807, 2.05) is 0 Å². The van der Waals surface area contributed by atoms with Crippen molar-refractivity contribution < 1.29 is 21.5 Å². The van der Waals surface area contributed by atoms with Gasteiger partial charge in [0.15, 0.2) is 0 Å². The van der Waals surface area contributed by atoms with Crippen LogP contribution < -0.4 is 6.15 Å². The van der Waals surface area contributed by atoms with Gasteiger partial charge in [0.05, 0.1) is 0 Å². The molecule has 0 heterocycles. The molecule has 0 fully saturated rings. The van der Waals surface area contributed by atoms with Crippen LogP contribution in [0.2, 0.25) is 0 Å². The van der Waals surface area contributed by atoms with Gasteiger partial charge in [-0.2, -0.15) is 0 Å². The zero-order chi connectivity index (χ0) is 5.21. The normalized spacial score (nSPS) is 8.88. The van der Waals surface area contributed by atoms with Crippen molar-refractivity contribution >= 4 is 40.3 Å². The third-order valence-corrected chi connectivity index (χ3v) is 1.24. The Hall–Kier alpha value is 1.27. The molecule has 0 rings (SSSR count). The SMILES string of the molecule is N.O=P(O)(O)OP.[H-].[H-].[Mg+2]. The van der Waals surface area contributed by atoms with Gasteiger partial charge in [-0.05, 0) is 0 Å². The summed E-state index contributed by atoms with van der Waals surface area (Å²) in [7, 11) is -2.72. The van der Waals surface area contributed by atoms with Crippen LogP contribution in [0.3, 0.4) is 0 Å². The van der Waals surface area contributed by atoms with Gasteiger partial charge in [0.1, 0.15) is 0 Å².